The Hall–Kier alpha value is -1.33. The van der Waals surface area contributed by atoms with E-state index in [9.17, 15) is 0 Å². The Balaban J connectivity index is 2.34. The van der Waals surface area contributed by atoms with Crippen LogP contribution in [0.4, 0.5) is 17.5 Å². The van der Waals surface area contributed by atoms with Crippen LogP contribution in [-0.2, 0) is 0 Å². The minimum atomic E-state index is 0.149. The highest BCUT2D eigenvalue weighted by atomic mass is 79.9. The third-order valence-corrected chi connectivity index (χ3v) is 3.87. The van der Waals surface area contributed by atoms with E-state index in [1.54, 1.807) is 6.07 Å². The molecule has 2 rings (SSSR count). The molecule has 0 saturated carbocycles. The minimum Gasteiger partial charge on any atom is -0.368 e. The van der Waals surface area contributed by atoms with Crippen LogP contribution >= 0.6 is 27.5 Å². The number of benzene rings is 1. The Morgan fingerprint density at radius 1 is 1.17 bits per heavy atom. The van der Waals surface area contributed by atoms with Crippen LogP contribution < -0.4 is 11.1 Å². The fraction of sp³-hybridized carbons (Fsp3) is 0.167. The molecule has 0 spiro atoms. The molecule has 1 heterocycles. The molecule has 0 saturated heterocycles. The lowest BCUT2D eigenvalue weighted by Crippen LogP contribution is -2.00. The van der Waals surface area contributed by atoms with Crippen molar-refractivity contribution in [1.29, 1.82) is 0 Å². The molecule has 0 aliphatic rings. The van der Waals surface area contributed by atoms with Gasteiger partial charge < -0.3 is 11.1 Å². The van der Waals surface area contributed by atoms with Gasteiger partial charge in [0.1, 0.15) is 11.0 Å². The lowest BCUT2D eigenvalue weighted by Gasteiger charge is -2.10. The molecule has 2 aromatic rings. The van der Waals surface area contributed by atoms with Crippen LogP contribution in [0.15, 0.2) is 22.7 Å². The molecule has 0 bridgehead atoms. The monoisotopic (exact) mass is 326 g/mol. The highest BCUT2D eigenvalue weighted by molar-refractivity contribution is 9.10. The second kappa shape index (κ2) is 5.12. The van der Waals surface area contributed by atoms with E-state index in [1.807, 2.05) is 26.0 Å². The molecule has 1 aromatic carbocycles. The summed E-state index contributed by atoms with van der Waals surface area (Å²) in [7, 11) is 0. The van der Waals surface area contributed by atoms with E-state index in [4.69, 9.17) is 17.3 Å². The average Bonchev–Trinajstić information content (AvgIpc) is 2.24. The normalized spacial score (nSPS) is 10.4. The molecule has 0 amide bonds. The molecular formula is C12H12BrClN4. The summed E-state index contributed by atoms with van der Waals surface area (Å²) in [4.78, 5) is 7.88. The van der Waals surface area contributed by atoms with E-state index in [0.717, 1.165) is 21.3 Å². The lowest BCUT2D eigenvalue weighted by atomic mass is 10.1. The molecular weight excluding hydrogens is 316 g/mol. The molecule has 0 aliphatic heterocycles. The van der Waals surface area contributed by atoms with Crippen LogP contribution in [0.3, 0.4) is 0 Å². The summed E-state index contributed by atoms with van der Waals surface area (Å²) in [6.45, 7) is 4.06. The van der Waals surface area contributed by atoms with Gasteiger partial charge in [0.25, 0.3) is 0 Å². The number of anilines is 3. The first-order valence-electron chi connectivity index (χ1n) is 5.29. The number of aryl methyl sites for hydroxylation is 2. The maximum atomic E-state index is 5.83. The Morgan fingerprint density at radius 3 is 2.33 bits per heavy atom. The quantitative estimate of drug-likeness (QED) is 0.823. The molecule has 94 valence electrons. The molecule has 0 atom stereocenters. The average molecular weight is 328 g/mol. The van der Waals surface area contributed by atoms with E-state index >= 15 is 0 Å². The number of aromatic nitrogens is 2. The smallest absolute Gasteiger partial charge is 0.223 e. The van der Waals surface area contributed by atoms with Gasteiger partial charge >= 0.3 is 0 Å². The topological polar surface area (TPSA) is 63.8 Å². The van der Waals surface area contributed by atoms with Crippen molar-refractivity contribution in [3.63, 3.8) is 0 Å². The van der Waals surface area contributed by atoms with Gasteiger partial charge in [-0.15, -0.1) is 0 Å². The molecule has 0 fully saturated rings. The van der Waals surface area contributed by atoms with Crippen LogP contribution in [0.5, 0.6) is 0 Å². The number of nitrogen functional groups attached to an aromatic ring is 1. The van der Waals surface area contributed by atoms with Crippen LogP contribution in [0.25, 0.3) is 0 Å². The van der Waals surface area contributed by atoms with Crippen LogP contribution in [0.1, 0.15) is 11.1 Å². The van der Waals surface area contributed by atoms with Crippen molar-refractivity contribution in [3.05, 3.63) is 39.0 Å². The van der Waals surface area contributed by atoms with E-state index in [0.29, 0.717) is 11.0 Å². The summed E-state index contributed by atoms with van der Waals surface area (Å²) in [6.07, 6.45) is 0. The second-order valence-electron chi connectivity index (χ2n) is 3.98. The zero-order valence-electron chi connectivity index (χ0n) is 9.96. The van der Waals surface area contributed by atoms with Gasteiger partial charge in [0.15, 0.2) is 0 Å². The number of hydrogen-bond acceptors (Lipinski definition) is 4. The van der Waals surface area contributed by atoms with Gasteiger partial charge in [-0.2, -0.15) is 4.98 Å². The zero-order valence-corrected chi connectivity index (χ0v) is 12.3. The fourth-order valence-electron chi connectivity index (χ4n) is 1.67. The van der Waals surface area contributed by atoms with Crippen molar-refractivity contribution < 1.29 is 0 Å². The number of hydrogen-bond donors (Lipinski definition) is 2. The minimum absolute atomic E-state index is 0.149. The lowest BCUT2D eigenvalue weighted by molar-refractivity contribution is 1.18. The van der Waals surface area contributed by atoms with Gasteiger partial charge in [0, 0.05) is 16.2 Å². The van der Waals surface area contributed by atoms with Crippen LogP contribution in [0, 0.1) is 13.8 Å². The number of rotatable bonds is 2. The highest BCUT2D eigenvalue weighted by Gasteiger charge is 2.05. The Labute approximate surface area is 119 Å². The van der Waals surface area contributed by atoms with Crippen molar-refractivity contribution in [1.82, 2.24) is 9.97 Å². The van der Waals surface area contributed by atoms with Gasteiger partial charge in [-0.3, -0.25) is 0 Å². The molecule has 0 radical (unpaired) electrons. The maximum Gasteiger partial charge on any atom is 0.223 e. The standard InChI is InChI=1S/C12H12BrClN4/c1-6-3-8(4-7(2)11(6)13)16-10-5-9(14)17-12(15)18-10/h3-5H,1-2H3,(H3,15,16,17,18). The first-order valence-corrected chi connectivity index (χ1v) is 6.46. The van der Waals surface area contributed by atoms with Crippen LogP contribution in [-0.4, -0.2) is 9.97 Å². The largest absolute Gasteiger partial charge is 0.368 e. The predicted octanol–water partition coefficient (Wildman–Crippen LogP) is 3.84. The van der Waals surface area contributed by atoms with Crippen molar-refractivity contribution in [2.45, 2.75) is 13.8 Å². The molecule has 6 heteroatoms. The molecule has 18 heavy (non-hydrogen) atoms. The van der Waals surface area contributed by atoms with Gasteiger partial charge in [0.05, 0.1) is 0 Å². The van der Waals surface area contributed by atoms with E-state index < -0.39 is 0 Å². The molecule has 0 aliphatic carbocycles. The third kappa shape index (κ3) is 2.91. The van der Waals surface area contributed by atoms with Gasteiger partial charge in [-0.25, -0.2) is 4.98 Å². The molecule has 3 N–H and O–H groups in total. The summed E-state index contributed by atoms with van der Waals surface area (Å²) in [5.74, 6) is 0.726. The molecule has 1 aromatic heterocycles. The predicted molar refractivity (Wildman–Crippen MR) is 78.4 cm³/mol. The number of halogens is 2. The van der Waals surface area contributed by atoms with Crippen molar-refractivity contribution in [3.8, 4) is 0 Å². The van der Waals surface area contributed by atoms with Crippen molar-refractivity contribution in [2.24, 2.45) is 0 Å². The van der Waals surface area contributed by atoms with Gasteiger partial charge in [-0.1, -0.05) is 27.5 Å². The summed E-state index contributed by atoms with van der Waals surface area (Å²) in [5.41, 5.74) is 8.76. The van der Waals surface area contributed by atoms with Gasteiger partial charge in [0.2, 0.25) is 5.95 Å². The summed E-state index contributed by atoms with van der Waals surface area (Å²) in [5, 5.41) is 3.47. The number of nitrogens with zero attached hydrogens (tertiary/aromatic N) is 2. The maximum absolute atomic E-state index is 5.83. The molecule has 4 nitrogen and oxygen atoms in total. The molecule has 0 unspecified atom stereocenters. The first kappa shape index (κ1) is 13.1. The third-order valence-electron chi connectivity index (χ3n) is 2.42. The number of nitrogens with two attached hydrogens (primary N) is 1. The first-order chi connectivity index (χ1) is 8.45. The second-order valence-corrected chi connectivity index (χ2v) is 5.16. The summed E-state index contributed by atoms with van der Waals surface area (Å²) in [6, 6.07) is 5.66. The van der Waals surface area contributed by atoms with E-state index in [-0.39, 0.29) is 5.95 Å². The highest BCUT2D eigenvalue weighted by Crippen LogP contribution is 2.27. The SMILES string of the molecule is Cc1cc(Nc2cc(Cl)nc(N)n2)cc(C)c1Br. The van der Waals surface area contributed by atoms with E-state index in [1.165, 1.54) is 0 Å². The fourth-order valence-corrected chi connectivity index (χ4v) is 2.08. The number of nitrogens with one attached hydrogen (secondary N) is 1. The summed E-state index contributed by atoms with van der Waals surface area (Å²) >= 11 is 9.35. The van der Waals surface area contributed by atoms with Crippen molar-refractivity contribution >= 4 is 45.0 Å². The Morgan fingerprint density at radius 2 is 1.78 bits per heavy atom. The zero-order chi connectivity index (χ0) is 13.3. The Bertz CT molecular complexity index is 557. The van der Waals surface area contributed by atoms with Crippen LogP contribution in [0.2, 0.25) is 5.15 Å². The van der Waals surface area contributed by atoms with Gasteiger partial charge in [-0.05, 0) is 37.1 Å². The van der Waals surface area contributed by atoms with Crippen molar-refractivity contribution in [2.75, 3.05) is 11.1 Å². The van der Waals surface area contributed by atoms with E-state index in [2.05, 4.69) is 31.2 Å². The Kier molecular flexibility index (Phi) is 3.73. The summed E-state index contributed by atoms with van der Waals surface area (Å²) < 4.78 is 1.10.